The molecule has 1 amide bonds. The maximum absolute atomic E-state index is 13.0. The summed E-state index contributed by atoms with van der Waals surface area (Å²) in [7, 11) is 0. The van der Waals surface area contributed by atoms with Crippen LogP contribution < -0.4 is 4.90 Å². The van der Waals surface area contributed by atoms with Gasteiger partial charge in [0.1, 0.15) is 10.8 Å². The fourth-order valence-corrected chi connectivity index (χ4v) is 4.31. The van der Waals surface area contributed by atoms with Gasteiger partial charge in [0.05, 0.1) is 0 Å². The SMILES string of the molecule is CCc1ccc(C(=O)N2CCN(c3nnc(Cc4ccc(F)cc4)s3)CC2)cc1. The number of anilines is 1. The molecule has 7 heteroatoms. The highest BCUT2D eigenvalue weighted by atomic mass is 32.1. The van der Waals surface area contributed by atoms with Crippen molar-refractivity contribution in [2.24, 2.45) is 0 Å². The van der Waals surface area contributed by atoms with Gasteiger partial charge in [-0.15, -0.1) is 10.2 Å². The molecule has 0 atom stereocenters. The molecule has 3 aromatic rings. The molecule has 0 bridgehead atoms. The van der Waals surface area contributed by atoms with Gasteiger partial charge < -0.3 is 9.80 Å². The first-order chi connectivity index (χ1) is 14.1. The summed E-state index contributed by atoms with van der Waals surface area (Å²) in [5.41, 5.74) is 2.99. The first-order valence-corrected chi connectivity index (χ1v) is 10.6. The first kappa shape index (κ1) is 19.5. The number of hydrogen-bond acceptors (Lipinski definition) is 5. The van der Waals surface area contributed by atoms with E-state index in [-0.39, 0.29) is 11.7 Å². The van der Waals surface area contributed by atoms with Gasteiger partial charge in [0.25, 0.3) is 5.91 Å². The van der Waals surface area contributed by atoms with Gasteiger partial charge in [0, 0.05) is 38.2 Å². The normalized spacial score (nSPS) is 14.3. The lowest BCUT2D eigenvalue weighted by Crippen LogP contribution is -2.48. The summed E-state index contributed by atoms with van der Waals surface area (Å²) in [4.78, 5) is 16.8. The Kier molecular flexibility index (Phi) is 5.85. The number of rotatable bonds is 5. The van der Waals surface area contributed by atoms with Crippen molar-refractivity contribution in [1.82, 2.24) is 15.1 Å². The zero-order valence-electron chi connectivity index (χ0n) is 16.3. The molecule has 0 spiro atoms. The van der Waals surface area contributed by atoms with Gasteiger partial charge in [-0.05, 0) is 41.8 Å². The molecule has 2 heterocycles. The minimum absolute atomic E-state index is 0.0848. The summed E-state index contributed by atoms with van der Waals surface area (Å²) in [6.07, 6.45) is 1.61. The molecule has 0 unspecified atom stereocenters. The molecular weight excluding hydrogens is 387 g/mol. The fourth-order valence-electron chi connectivity index (χ4n) is 3.39. The number of aromatic nitrogens is 2. The molecule has 1 fully saturated rings. The largest absolute Gasteiger partial charge is 0.343 e. The lowest BCUT2D eigenvalue weighted by molar-refractivity contribution is 0.0746. The molecule has 4 rings (SSSR count). The average molecular weight is 411 g/mol. The van der Waals surface area contributed by atoms with Crippen LogP contribution in [-0.2, 0) is 12.8 Å². The molecule has 0 aliphatic carbocycles. The molecule has 1 aliphatic rings. The smallest absolute Gasteiger partial charge is 0.253 e. The minimum Gasteiger partial charge on any atom is -0.343 e. The molecule has 0 saturated carbocycles. The predicted molar refractivity (Wildman–Crippen MR) is 113 cm³/mol. The Labute approximate surface area is 173 Å². The van der Waals surface area contributed by atoms with E-state index in [1.807, 2.05) is 29.2 Å². The number of amides is 1. The lowest BCUT2D eigenvalue weighted by Gasteiger charge is -2.34. The number of carbonyl (C=O) groups is 1. The average Bonchev–Trinajstić information content (AvgIpc) is 3.23. The number of hydrogen-bond donors (Lipinski definition) is 0. The van der Waals surface area contributed by atoms with Crippen molar-refractivity contribution >= 4 is 22.4 Å². The number of nitrogens with zero attached hydrogens (tertiary/aromatic N) is 4. The van der Waals surface area contributed by atoms with E-state index in [1.54, 1.807) is 23.5 Å². The number of carbonyl (C=O) groups excluding carboxylic acids is 1. The van der Waals surface area contributed by atoms with E-state index in [9.17, 15) is 9.18 Å². The van der Waals surface area contributed by atoms with Gasteiger partial charge in [-0.25, -0.2) is 4.39 Å². The maximum atomic E-state index is 13.0. The predicted octanol–water partition coefficient (Wildman–Crippen LogP) is 3.79. The summed E-state index contributed by atoms with van der Waals surface area (Å²) >= 11 is 1.56. The minimum atomic E-state index is -0.236. The Morgan fingerprint density at radius 2 is 1.62 bits per heavy atom. The van der Waals surface area contributed by atoms with Crippen LogP contribution in [0.2, 0.25) is 0 Å². The van der Waals surface area contributed by atoms with Gasteiger partial charge in [-0.2, -0.15) is 0 Å². The molecule has 1 aliphatic heterocycles. The van der Waals surface area contributed by atoms with E-state index < -0.39 is 0 Å². The number of aryl methyl sites for hydroxylation is 1. The van der Waals surface area contributed by atoms with E-state index in [4.69, 9.17) is 0 Å². The first-order valence-electron chi connectivity index (χ1n) is 9.82. The van der Waals surface area contributed by atoms with Crippen LogP contribution in [0.4, 0.5) is 9.52 Å². The van der Waals surface area contributed by atoms with Crippen molar-refractivity contribution in [2.75, 3.05) is 31.1 Å². The third-order valence-electron chi connectivity index (χ3n) is 5.17. The molecule has 5 nitrogen and oxygen atoms in total. The fraction of sp³-hybridized carbons (Fsp3) is 0.318. The summed E-state index contributed by atoms with van der Waals surface area (Å²) < 4.78 is 13.0. The standard InChI is InChI=1S/C22H23FN4OS/c1-2-16-3-7-18(8-4-16)21(28)26-11-13-27(14-12-26)22-25-24-20(29-22)15-17-5-9-19(23)10-6-17/h3-10H,2,11-15H2,1H3. The molecule has 0 N–H and O–H groups in total. The monoisotopic (exact) mass is 410 g/mol. The topological polar surface area (TPSA) is 49.3 Å². The van der Waals surface area contributed by atoms with Crippen LogP contribution in [0.3, 0.4) is 0 Å². The van der Waals surface area contributed by atoms with Crippen molar-refractivity contribution < 1.29 is 9.18 Å². The molecule has 29 heavy (non-hydrogen) atoms. The zero-order chi connectivity index (χ0) is 20.2. The van der Waals surface area contributed by atoms with E-state index in [2.05, 4.69) is 22.0 Å². The summed E-state index contributed by atoms with van der Waals surface area (Å²) in [5.74, 6) is -0.151. The van der Waals surface area contributed by atoms with Gasteiger partial charge in [-0.1, -0.05) is 42.5 Å². The summed E-state index contributed by atoms with van der Waals surface area (Å²) in [6, 6.07) is 14.3. The Morgan fingerprint density at radius 1 is 0.966 bits per heavy atom. The van der Waals surface area contributed by atoms with Crippen LogP contribution in [0.25, 0.3) is 0 Å². The molecule has 1 saturated heterocycles. The number of benzene rings is 2. The Hall–Kier alpha value is -2.80. The van der Waals surface area contributed by atoms with E-state index >= 15 is 0 Å². The Bertz CT molecular complexity index is 963. The van der Waals surface area contributed by atoms with Crippen molar-refractivity contribution in [1.29, 1.82) is 0 Å². The lowest BCUT2D eigenvalue weighted by atomic mass is 10.1. The zero-order valence-corrected chi connectivity index (χ0v) is 17.2. The Balaban J connectivity index is 1.34. The summed E-state index contributed by atoms with van der Waals surface area (Å²) in [6.45, 7) is 4.92. The molecular formula is C22H23FN4OS. The number of halogens is 1. The van der Waals surface area contributed by atoms with Crippen molar-refractivity contribution in [3.8, 4) is 0 Å². The van der Waals surface area contributed by atoms with Crippen LogP contribution in [0, 0.1) is 5.82 Å². The molecule has 0 radical (unpaired) electrons. The maximum Gasteiger partial charge on any atom is 0.253 e. The van der Waals surface area contributed by atoms with Crippen LogP contribution in [0.1, 0.15) is 33.4 Å². The van der Waals surface area contributed by atoms with Gasteiger partial charge in [0.2, 0.25) is 5.13 Å². The second-order valence-electron chi connectivity index (χ2n) is 7.11. The quantitative estimate of drug-likeness (QED) is 0.642. The van der Waals surface area contributed by atoms with Gasteiger partial charge in [-0.3, -0.25) is 4.79 Å². The summed E-state index contributed by atoms with van der Waals surface area (Å²) in [5, 5.41) is 10.4. The van der Waals surface area contributed by atoms with Crippen molar-refractivity contribution in [3.63, 3.8) is 0 Å². The van der Waals surface area contributed by atoms with Gasteiger partial charge >= 0.3 is 0 Å². The third-order valence-corrected chi connectivity index (χ3v) is 6.16. The second-order valence-corrected chi connectivity index (χ2v) is 8.15. The highest BCUT2D eigenvalue weighted by Crippen LogP contribution is 2.24. The van der Waals surface area contributed by atoms with E-state index in [0.717, 1.165) is 40.8 Å². The number of piperazine rings is 1. The molecule has 1 aromatic heterocycles. The molecule has 2 aromatic carbocycles. The van der Waals surface area contributed by atoms with Crippen LogP contribution in [0.5, 0.6) is 0 Å². The third kappa shape index (κ3) is 4.62. The van der Waals surface area contributed by atoms with Crippen LogP contribution in [-0.4, -0.2) is 47.2 Å². The van der Waals surface area contributed by atoms with E-state index in [0.29, 0.717) is 19.5 Å². The molecule has 150 valence electrons. The van der Waals surface area contributed by atoms with Crippen molar-refractivity contribution in [2.45, 2.75) is 19.8 Å². The van der Waals surface area contributed by atoms with Crippen LogP contribution >= 0.6 is 11.3 Å². The highest BCUT2D eigenvalue weighted by molar-refractivity contribution is 7.15. The van der Waals surface area contributed by atoms with Crippen molar-refractivity contribution in [3.05, 3.63) is 76.0 Å². The highest BCUT2D eigenvalue weighted by Gasteiger charge is 2.24. The second kappa shape index (κ2) is 8.69. The Morgan fingerprint density at radius 3 is 2.28 bits per heavy atom. The van der Waals surface area contributed by atoms with E-state index in [1.165, 1.54) is 17.7 Å². The van der Waals surface area contributed by atoms with Crippen LogP contribution in [0.15, 0.2) is 48.5 Å². The van der Waals surface area contributed by atoms with Gasteiger partial charge in [0.15, 0.2) is 0 Å².